The van der Waals surface area contributed by atoms with Gasteiger partial charge in [-0.3, -0.25) is 0 Å². The van der Waals surface area contributed by atoms with Crippen LogP contribution in [0.2, 0.25) is 0 Å². The number of aromatic carboxylic acids is 1. The van der Waals surface area contributed by atoms with Crippen molar-refractivity contribution in [2.75, 3.05) is 24.5 Å². The lowest BCUT2D eigenvalue weighted by Gasteiger charge is -2.42. The number of fused-ring (bicyclic) bond motifs is 3. The zero-order valence-electron chi connectivity index (χ0n) is 9.65. The van der Waals surface area contributed by atoms with Crippen molar-refractivity contribution >= 4 is 11.7 Å². The van der Waals surface area contributed by atoms with Crippen LogP contribution in [0.3, 0.4) is 0 Å². The molecule has 4 heteroatoms. The third-order valence-corrected chi connectivity index (χ3v) is 3.73. The number of hydrogen-bond donors (Lipinski definition) is 2. The Labute approximate surface area is 100 Å². The molecule has 1 atom stereocenters. The van der Waals surface area contributed by atoms with Gasteiger partial charge in [-0.15, -0.1) is 0 Å². The van der Waals surface area contributed by atoms with Gasteiger partial charge in [-0.25, -0.2) is 4.79 Å². The number of carboxylic acids is 1. The number of piperazine rings is 1. The van der Waals surface area contributed by atoms with Crippen molar-refractivity contribution in [1.82, 2.24) is 5.32 Å². The Kier molecular flexibility index (Phi) is 2.52. The third kappa shape index (κ3) is 1.78. The standard InChI is InChI=1S/C13H16N2O2/c16-13(17)10-2-4-12-9(7-10)1-3-11-8-14-5-6-15(11)12/h2,4,7,11,14H,1,3,5-6,8H2,(H,16,17). The highest BCUT2D eigenvalue weighted by Crippen LogP contribution is 2.31. The van der Waals surface area contributed by atoms with Crippen LogP contribution in [0, 0.1) is 0 Å². The fraction of sp³-hybridized carbons (Fsp3) is 0.462. The molecule has 0 aromatic heterocycles. The lowest BCUT2D eigenvalue weighted by atomic mass is 9.93. The number of nitrogens with one attached hydrogen (secondary N) is 1. The maximum absolute atomic E-state index is 10.9. The zero-order valence-corrected chi connectivity index (χ0v) is 9.65. The Morgan fingerprint density at radius 1 is 1.47 bits per heavy atom. The van der Waals surface area contributed by atoms with Crippen LogP contribution in [0.1, 0.15) is 22.3 Å². The number of aryl methyl sites for hydroxylation is 1. The molecule has 2 heterocycles. The molecule has 17 heavy (non-hydrogen) atoms. The van der Waals surface area contributed by atoms with E-state index in [1.165, 1.54) is 11.3 Å². The Balaban J connectivity index is 1.97. The summed E-state index contributed by atoms with van der Waals surface area (Å²) in [5.41, 5.74) is 2.81. The molecule has 1 saturated heterocycles. The summed E-state index contributed by atoms with van der Waals surface area (Å²) in [6.45, 7) is 3.07. The zero-order chi connectivity index (χ0) is 11.8. The van der Waals surface area contributed by atoms with Crippen molar-refractivity contribution in [3.8, 4) is 0 Å². The highest BCUT2D eigenvalue weighted by molar-refractivity contribution is 5.88. The predicted molar refractivity (Wildman–Crippen MR) is 65.7 cm³/mol. The van der Waals surface area contributed by atoms with E-state index in [1.807, 2.05) is 12.1 Å². The number of rotatable bonds is 1. The lowest BCUT2D eigenvalue weighted by Crippen LogP contribution is -2.53. The van der Waals surface area contributed by atoms with Gasteiger partial charge in [0.2, 0.25) is 0 Å². The van der Waals surface area contributed by atoms with E-state index in [9.17, 15) is 4.79 Å². The molecule has 4 nitrogen and oxygen atoms in total. The summed E-state index contributed by atoms with van der Waals surface area (Å²) in [7, 11) is 0. The molecule has 0 aliphatic carbocycles. The number of nitrogens with zero attached hydrogens (tertiary/aromatic N) is 1. The van der Waals surface area contributed by atoms with E-state index in [2.05, 4.69) is 10.2 Å². The van der Waals surface area contributed by atoms with Crippen LogP contribution in [0.15, 0.2) is 18.2 Å². The first kappa shape index (κ1) is 10.6. The van der Waals surface area contributed by atoms with E-state index in [0.717, 1.165) is 32.5 Å². The quantitative estimate of drug-likeness (QED) is 0.761. The highest BCUT2D eigenvalue weighted by atomic mass is 16.4. The summed E-state index contributed by atoms with van der Waals surface area (Å²) >= 11 is 0. The Hall–Kier alpha value is -1.55. The van der Waals surface area contributed by atoms with Crippen molar-refractivity contribution in [2.45, 2.75) is 18.9 Å². The van der Waals surface area contributed by atoms with Crippen LogP contribution < -0.4 is 10.2 Å². The molecule has 1 aromatic carbocycles. The third-order valence-electron chi connectivity index (χ3n) is 3.73. The predicted octanol–water partition coefficient (Wildman–Crippen LogP) is 1.11. The summed E-state index contributed by atoms with van der Waals surface area (Å²) in [5, 5.41) is 12.4. The van der Waals surface area contributed by atoms with Gasteiger partial charge in [-0.05, 0) is 36.6 Å². The minimum atomic E-state index is -0.838. The molecule has 1 fully saturated rings. The number of carboxylic acid groups (broad SMARTS) is 1. The number of hydrogen-bond acceptors (Lipinski definition) is 3. The van der Waals surface area contributed by atoms with Crippen molar-refractivity contribution in [3.63, 3.8) is 0 Å². The molecule has 0 spiro atoms. The smallest absolute Gasteiger partial charge is 0.335 e. The van der Waals surface area contributed by atoms with Crippen LogP contribution in [-0.2, 0) is 6.42 Å². The van der Waals surface area contributed by atoms with Crippen LogP contribution in [0.4, 0.5) is 5.69 Å². The van der Waals surface area contributed by atoms with Crippen molar-refractivity contribution in [1.29, 1.82) is 0 Å². The summed E-state index contributed by atoms with van der Waals surface area (Å²) in [6, 6.07) is 6.09. The van der Waals surface area contributed by atoms with E-state index >= 15 is 0 Å². The first-order chi connectivity index (χ1) is 8.25. The summed E-state index contributed by atoms with van der Waals surface area (Å²) in [6.07, 6.45) is 2.10. The van der Waals surface area contributed by atoms with Crippen molar-refractivity contribution in [3.05, 3.63) is 29.3 Å². The van der Waals surface area contributed by atoms with E-state index in [1.54, 1.807) is 6.07 Å². The van der Waals surface area contributed by atoms with Crippen molar-refractivity contribution < 1.29 is 9.90 Å². The molecule has 0 radical (unpaired) electrons. The molecular weight excluding hydrogens is 216 g/mol. The van der Waals surface area contributed by atoms with Crippen LogP contribution >= 0.6 is 0 Å². The van der Waals surface area contributed by atoms with Gasteiger partial charge < -0.3 is 15.3 Å². The summed E-state index contributed by atoms with van der Waals surface area (Å²) < 4.78 is 0. The van der Waals surface area contributed by atoms with Gasteiger partial charge in [0.05, 0.1) is 5.56 Å². The number of carbonyl (C=O) groups is 1. The monoisotopic (exact) mass is 232 g/mol. The van der Waals surface area contributed by atoms with Gasteiger partial charge in [0.25, 0.3) is 0 Å². The minimum Gasteiger partial charge on any atom is -0.478 e. The Morgan fingerprint density at radius 3 is 3.18 bits per heavy atom. The molecule has 2 aliphatic rings. The molecule has 0 amide bonds. The highest BCUT2D eigenvalue weighted by Gasteiger charge is 2.28. The number of benzene rings is 1. The SMILES string of the molecule is O=C(O)c1ccc2c(c1)CCC1CNCCN21. The molecule has 1 aromatic rings. The topological polar surface area (TPSA) is 52.6 Å². The molecule has 2 aliphatic heterocycles. The van der Waals surface area contributed by atoms with Gasteiger partial charge in [-0.1, -0.05) is 0 Å². The molecule has 1 unspecified atom stereocenters. The van der Waals surface area contributed by atoms with Gasteiger partial charge in [-0.2, -0.15) is 0 Å². The van der Waals surface area contributed by atoms with Crippen LogP contribution in [-0.4, -0.2) is 36.8 Å². The molecule has 0 saturated carbocycles. The molecule has 2 N–H and O–H groups in total. The maximum atomic E-state index is 10.9. The molecule has 0 bridgehead atoms. The van der Waals surface area contributed by atoms with Gasteiger partial charge in [0.1, 0.15) is 0 Å². The average Bonchev–Trinajstić information content (AvgIpc) is 2.38. The molecule has 3 rings (SSSR count). The largest absolute Gasteiger partial charge is 0.478 e. The van der Waals surface area contributed by atoms with E-state index in [4.69, 9.17) is 5.11 Å². The van der Waals surface area contributed by atoms with Crippen LogP contribution in [0.25, 0.3) is 0 Å². The normalized spacial score (nSPS) is 22.8. The second-order valence-electron chi connectivity index (χ2n) is 4.74. The van der Waals surface area contributed by atoms with Gasteiger partial charge in [0, 0.05) is 31.4 Å². The Morgan fingerprint density at radius 2 is 2.35 bits per heavy atom. The first-order valence-electron chi connectivity index (χ1n) is 6.09. The van der Waals surface area contributed by atoms with Crippen molar-refractivity contribution in [2.24, 2.45) is 0 Å². The van der Waals surface area contributed by atoms with Gasteiger partial charge in [0.15, 0.2) is 0 Å². The second-order valence-corrected chi connectivity index (χ2v) is 4.74. The molecular formula is C13H16N2O2. The van der Waals surface area contributed by atoms with E-state index in [-0.39, 0.29) is 0 Å². The number of anilines is 1. The molecule has 90 valence electrons. The van der Waals surface area contributed by atoms with Gasteiger partial charge >= 0.3 is 5.97 Å². The minimum absolute atomic E-state index is 0.400. The van der Waals surface area contributed by atoms with Crippen LogP contribution in [0.5, 0.6) is 0 Å². The van der Waals surface area contributed by atoms with E-state index in [0.29, 0.717) is 11.6 Å². The second kappa shape index (κ2) is 4.04. The first-order valence-corrected chi connectivity index (χ1v) is 6.09. The Bertz CT molecular complexity index is 459. The average molecular weight is 232 g/mol. The fourth-order valence-electron chi connectivity index (χ4n) is 2.86. The summed E-state index contributed by atoms with van der Waals surface area (Å²) in [5.74, 6) is -0.838. The lowest BCUT2D eigenvalue weighted by molar-refractivity contribution is 0.0697. The fourth-order valence-corrected chi connectivity index (χ4v) is 2.86. The maximum Gasteiger partial charge on any atom is 0.335 e. The summed E-state index contributed by atoms with van der Waals surface area (Å²) in [4.78, 5) is 13.4. The van der Waals surface area contributed by atoms with E-state index < -0.39 is 5.97 Å².